The van der Waals surface area contributed by atoms with Crippen LogP contribution in [0.1, 0.15) is 17.4 Å². The van der Waals surface area contributed by atoms with Crippen molar-refractivity contribution in [1.29, 1.82) is 0 Å². The van der Waals surface area contributed by atoms with Crippen LogP contribution in [0.3, 0.4) is 0 Å². The molecule has 1 aliphatic heterocycles. The zero-order valence-corrected chi connectivity index (χ0v) is 14.9. The molecule has 4 rings (SSSR count). The van der Waals surface area contributed by atoms with E-state index in [1.807, 2.05) is 22.5 Å². The van der Waals surface area contributed by atoms with Gasteiger partial charge in [0.05, 0.1) is 18.9 Å². The molecule has 7 heteroatoms. The average molecular weight is 356 g/mol. The molecule has 0 atom stereocenters. The lowest BCUT2D eigenvalue weighted by atomic mass is 10.2. The van der Waals surface area contributed by atoms with E-state index in [2.05, 4.69) is 40.1 Å². The molecule has 2 aromatic heterocycles. The van der Waals surface area contributed by atoms with Crippen LogP contribution in [0.2, 0.25) is 0 Å². The van der Waals surface area contributed by atoms with Gasteiger partial charge in [-0.15, -0.1) is 11.3 Å². The molecule has 6 nitrogen and oxygen atoms in total. The predicted octanol–water partition coefficient (Wildman–Crippen LogP) is 2.76. The summed E-state index contributed by atoms with van der Waals surface area (Å²) in [6.45, 7) is 5.66. The van der Waals surface area contributed by atoms with Crippen LogP contribution in [-0.4, -0.2) is 46.8 Å². The Labute approximate surface area is 150 Å². The Morgan fingerprint density at radius 3 is 2.92 bits per heavy atom. The number of ether oxygens (including phenoxy) is 1. The van der Waals surface area contributed by atoms with Crippen LogP contribution in [-0.2, 0) is 11.3 Å². The Morgan fingerprint density at radius 2 is 2.12 bits per heavy atom. The molecule has 0 aliphatic carbocycles. The van der Waals surface area contributed by atoms with Gasteiger partial charge in [0.2, 0.25) is 0 Å². The van der Waals surface area contributed by atoms with Gasteiger partial charge in [0, 0.05) is 35.9 Å². The molecular formula is C18H20N4O2S. The number of benzene rings is 1. The van der Waals surface area contributed by atoms with Gasteiger partial charge in [-0.3, -0.25) is 10.2 Å². The number of hydrogen-bond acceptors (Lipinski definition) is 5. The minimum atomic E-state index is -0.163. The number of carbonyl (C=O) groups excluding carboxylic acids is 1. The molecule has 0 unspecified atom stereocenters. The van der Waals surface area contributed by atoms with Crippen molar-refractivity contribution < 1.29 is 9.53 Å². The smallest absolute Gasteiger partial charge is 0.285 e. The Bertz CT molecular complexity index is 896. The molecule has 25 heavy (non-hydrogen) atoms. The highest BCUT2D eigenvalue weighted by atomic mass is 32.1. The van der Waals surface area contributed by atoms with Crippen molar-refractivity contribution in [2.75, 3.05) is 26.3 Å². The standard InChI is InChI=1S/C18H20N4O2S/c1-2-22-15-6-4-3-5-13(15)11-16(22)18-19-14(12-25-18)17(23)20-21-7-9-24-10-8-21/h3-6,11-12H,2,7-10H2,1H3,(H,20,23). The summed E-state index contributed by atoms with van der Waals surface area (Å²) in [5, 5.41) is 5.76. The van der Waals surface area contributed by atoms with Crippen LogP contribution in [0.5, 0.6) is 0 Å². The monoisotopic (exact) mass is 356 g/mol. The zero-order valence-electron chi connectivity index (χ0n) is 14.1. The number of fused-ring (bicyclic) bond motifs is 1. The normalized spacial score (nSPS) is 15.6. The number of nitrogens with zero attached hydrogens (tertiary/aromatic N) is 3. The van der Waals surface area contributed by atoms with Gasteiger partial charge >= 0.3 is 0 Å². The molecule has 1 N–H and O–H groups in total. The highest BCUT2D eigenvalue weighted by molar-refractivity contribution is 7.13. The zero-order chi connectivity index (χ0) is 17.2. The highest BCUT2D eigenvalue weighted by Crippen LogP contribution is 2.30. The van der Waals surface area contributed by atoms with Crippen molar-refractivity contribution in [3.8, 4) is 10.7 Å². The number of hydrazine groups is 1. The second-order valence-corrected chi connectivity index (χ2v) is 6.77. The number of para-hydroxylation sites is 1. The Hall–Kier alpha value is -2.22. The lowest BCUT2D eigenvalue weighted by Crippen LogP contribution is -2.48. The third-order valence-corrected chi connectivity index (χ3v) is 5.22. The number of aryl methyl sites for hydroxylation is 1. The largest absolute Gasteiger partial charge is 0.379 e. The summed E-state index contributed by atoms with van der Waals surface area (Å²) in [7, 11) is 0. The number of amides is 1. The van der Waals surface area contributed by atoms with E-state index in [1.54, 1.807) is 0 Å². The van der Waals surface area contributed by atoms with Crippen LogP contribution < -0.4 is 5.43 Å². The summed E-state index contributed by atoms with van der Waals surface area (Å²) >= 11 is 1.50. The summed E-state index contributed by atoms with van der Waals surface area (Å²) in [6, 6.07) is 10.4. The molecule has 0 saturated carbocycles. The second kappa shape index (κ2) is 6.95. The van der Waals surface area contributed by atoms with Gasteiger partial charge in [0.1, 0.15) is 10.7 Å². The number of carbonyl (C=O) groups is 1. The third-order valence-electron chi connectivity index (χ3n) is 4.35. The molecule has 130 valence electrons. The lowest BCUT2D eigenvalue weighted by molar-refractivity contribution is 0.0125. The van der Waals surface area contributed by atoms with Gasteiger partial charge in [-0.25, -0.2) is 9.99 Å². The maximum atomic E-state index is 12.4. The Kier molecular flexibility index (Phi) is 4.52. The van der Waals surface area contributed by atoms with Crippen LogP contribution in [0.25, 0.3) is 21.6 Å². The van der Waals surface area contributed by atoms with E-state index in [0.29, 0.717) is 32.0 Å². The first-order valence-electron chi connectivity index (χ1n) is 8.44. The first-order chi connectivity index (χ1) is 12.3. The third kappa shape index (κ3) is 3.18. The predicted molar refractivity (Wildman–Crippen MR) is 98.6 cm³/mol. The topological polar surface area (TPSA) is 59.4 Å². The molecule has 0 bridgehead atoms. The van der Waals surface area contributed by atoms with Crippen molar-refractivity contribution in [2.24, 2.45) is 0 Å². The maximum Gasteiger partial charge on any atom is 0.285 e. The molecule has 0 radical (unpaired) electrons. The van der Waals surface area contributed by atoms with Crippen molar-refractivity contribution in [2.45, 2.75) is 13.5 Å². The quantitative estimate of drug-likeness (QED) is 0.781. The molecule has 3 heterocycles. The molecule has 1 aliphatic rings. The number of aromatic nitrogens is 2. The average Bonchev–Trinajstić information content (AvgIpc) is 3.27. The maximum absolute atomic E-state index is 12.4. The van der Waals surface area contributed by atoms with Gasteiger partial charge in [-0.2, -0.15) is 0 Å². The molecule has 1 amide bonds. The van der Waals surface area contributed by atoms with E-state index >= 15 is 0 Å². The van der Waals surface area contributed by atoms with E-state index in [0.717, 1.165) is 17.2 Å². The second-order valence-electron chi connectivity index (χ2n) is 5.91. The van der Waals surface area contributed by atoms with E-state index in [4.69, 9.17) is 4.74 Å². The van der Waals surface area contributed by atoms with Gasteiger partial charge < -0.3 is 9.30 Å². The number of rotatable bonds is 4. The van der Waals surface area contributed by atoms with Crippen LogP contribution >= 0.6 is 11.3 Å². The summed E-state index contributed by atoms with van der Waals surface area (Å²) in [4.78, 5) is 17.0. The van der Waals surface area contributed by atoms with Crippen molar-refractivity contribution in [3.63, 3.8) is 0 Å². The Morgan fingerprint density at radius 1 is 1.32 bits per heavy atom. The van der Waals surface area contributed by atoms with Crippen molar-refractivity contribution in [1.82, 2.24) is 20.0 Å². The lowest BCUT2D eigenvalue weighted by Gasteiger charge is -2.26. The summed E-state index contributed by atoms with van der Waals surface area (Å²) in [5.41, 5.74) is 5.61. The summed E-state index contributed by atoms with van der Waals surface area (Å²) in [6.07, 6.45) is 0. The van der Waals surface area contributed by atoms with E-state index in [-0.39, 0.29) is 5.91 Å². The van der Waals surface area contributed by atoms with E-state index in [1.165, 1.54) is 22.2 Å². The molecule has 0 spiro atoms. The summed E-state index contributed by atoms with van der Waals surface area (Å²) in [5.74, 6) is -0.163. The van der Waals surface area contributed by atoms with Gasteiger partial charge in [0.15, 0.2) is 0 Å². The fourth-order valence-electron chi connectivity index (χ4n) is 3.10. The molecule has 1 saturated heterocycles. The minimum Gasteiger partial charge on any atom is -0.379 e. The number of nitrogens with one attached hydrogen (secondary N) is 1. The fourth-order valence-corrected chi connectivity index (χ4v) is 3.92. The molecule has 3 aromatic rings. The minimum absolute atomic E-state index is 0.163. The van der Waals surface area contributed by atoms with Crippen molar-refractivity contribution in [3.05, 3.63) is 41.4 Å². The molecular weight excluding hydrogens is 336 g/mol. The van der Waals surface area contributed by atoms with Gasteiger partial charge in [-0.1, -0.05) is 18.2 Å². The molecule has 1 aromatic carbocycles. The van der Waals surface area contributed by atoms with E-state index in [9.17, 15) is 4.79 Å². The number of morpholine rings is 1. The van der Waals surface area contributed by atoms with E-state index < -0.39 is 0 Å². The van der Waals surface area contributed by atoms with Crippen LogP contribution in [0.15, 0.2) is 35.7 Å². The van der Waals surface area contributed by atoms with Crippen LogP contribution in [0.4, 0.5) is 0 Å². The number of hydrogen-bond donors (Lipinski definition) is 1. The summed E-state index contributed by atoms with van der Waals surface area (Å²) < 4.78 is 7.53. The highest BCUT2D eigenvalue weighted by Gasteiger charge is 2.18. The molecule has 1 fully saturated rings. The first-order valence-corrected chi connectivity index (χ1v) is 9.32. The van der Waals surface area contributed by atoms with Crippen molar-refractivity contribution >= 4 is 28.1 Å². The SMILES string of the molecule is CCn1c(-c2nc(C(=O)NN3CCOCC3)cs2)cc2ccccc21. The number of thiazole rings is 1. The van der Waals surface area contributed by atoms with Gasteiger partial charge in [0.25, 0.3) is 5.91 Å². The fraction of sp³-hybridized carbons (Fsp3) is 0.333. The Balaban J connectivity index is 1.59. The van der Waals surface area contributed by atoms with Crippen LogP contribution in [0, 0.1) is 0 Å². The van der Waals surface area contributed by atoms with Gasteiger partial charge in [-0.05, 0) is 19.1 Å². The first kappa shape index (κ1) is 16.3.